The molecule has 0 spiro atoms. The van der Waals surface area contributed by atoms with E-state index >= 15 is 0 Å². The number of rotatable bonds is 8. The van der Waals surface area contributed by atoms with Gasteiger partial charge < -0.3 is 89.7 Å². The first-order valence-electron chi connectivity index (χ1n) is 13.8. The minimum Gasteiger partial charge on any atom is -0.394 e. The van der Waals surface area contributed by atoms with Gasteiger partial charge in [-0.2, -0.15) is 0 Å². The first kappa shape index (κ1) is 34.2. The Kier molecular flexibility index (Phi) is 11.5. The third kappa shape index (κ3) is 6.76. The number of aliphatic hydroxyl groups excluding tert-OH is 12. The summed E-state index contributed by atoms with van der Waals surface area (Å²) in [5.41, 5.74) is 0. The van der Waals surface area contributed by atoms with E-state index in [1.165, 1.54) is 6.92 Å². The highest BCUT2D eigenvalue weighted by atomic mass is 16.7. The molecule has 0 aromatic heterocycles. The Morgan fingerprint density at radius 2 is 1.00 bits per heavy atom. The summed E-state index contributed by atoms with van der Waals surface area (Å²) in [6.07, 6.45) is -28.7. The summed E-state index contributed by atoms with van der Waals surface area (Å²) in [5.74, 6) is 0. The van der Waals surface area contributed by atoms with Crippen LogP contribution in [0.4, 0.5) is 0 Å². The molecule has 3 saturated heterocycles. The third-order valence-corrected chi connectivity index (χ3v) is 8.24. The topological polar surface area (TPSA) is 298 Å². The van der Waals surface area contributed by atoms with Gasteiger partial charge in [0, 0.05) is 0 Å². The maximum absolute atomic E-state index is 10.8. The first-order valence-corrected chi connectivity index (χ1v) is 13.8. The second kappa shape index (κ2) is 14.1. The summed E-state index contributed by atoms with van der Waals surface area (Å²) in [4.78, 5) is 0. The normalized spacial score (nSPS) is 54.1. The van der Waals surface area contributed by atoms with Gasteiger partial charge in [0.05, 0.1) is 31.5 Å². The van der Waals surface area contributed by atoms with Gasteiger partial charge >= 0.3 is 0 Å². The molecule has 3 heterocycles. The highest BCUT2D eigenvalue weighted by Crippen LogP contribution is 2.34. The molecule has 12 N–H and O–H groups in total. The van der Waals surface area contributed by atoms with E-state index in [1.54, 1.807) is 0 Å². The summed E-state index contributed by atoms with van der Waals surface area (Å²) < 4.78 is 32.8. The van der Waals surface area contributed by atoms with E-state index in [-0.39, 0.29) is 12.8 Å². The molecule has 246 valence electrons. The predicted molar refractivity (Wildman–Crippen MR) is 130 cm³/mol. The summed E-state index contributed by atoms with van der Waals surface area (Å²) >= 11 is 0. The lowest BCUT2D eigenvalue weighted by Gasteiger charge is -2.47. The van der Waals surface area contributed by atoms with Crippen LogP contribution in [0.3, 0.4) is 0 Å². The van der Waals surface area contributed by atoms with Gasteiger partial charge in [-0.25, -0.2) is 0 Å². The average Bonchev–Trinajstić information content (AvgIpc) is 2.97. The smallest absolute Gasteiger partial charge is 0.187 e. The van der Waals surface area contributed by atoms with Crippen molar-refractivity contribution in [2.75, 3.05) is 13.2 Å². The van der Waals surface area contributed by atoms with Crippen LogP contribution in [0.5, 0.6) is 0 Å². The molecule has 0 aromatic carbocycles. The van der Waals surface area contributed by atoms with E-state index < -0.39 is 130 Å². The minimum atomic E-state index is -1.84. The number of ether oxygens (including phenoxy) is 6. The molecule has 18 nitrogen and oxygen atoms in total. The number of aliphatic hydroxyl groups is 12. The van der Waals surface area contributed by atoms with Crippen LogP contribution in [0.1, 0.15) is 19.8 Å². The monoisotopic (exact) mass is 618 g/mol. The fourth-order valence-corrected chi connectivity index (χ4v) is 5.66. The molecule has 19 atom stereocenters. The lowest BCUT2D eigenvalue weighted by molar-refractivity contribution is -0.367. The third-order valence-electron chi connectivity index (χ3n) is 8.24. The van der Waals surface area contributed by atoms with Crippen LogP contribution < -0.4 is 0 Å². The molecule has 18 heteroatoms. The van der Waals surface area contributed by atoms with Crippen molar-refractivity contribution in [2.24, 2.45) is 0 Å². The van der Waals surface area contributed by atoms with Crippen LogP contribution in [0.25, 0.3) is 0 Å². The first-order chi connectivity index (χ1) is 19.8. The molecule has 1 aliphatic carbocycles. The molecule has 1 saturated carbocycles. The van der Waals surface area contributed by atoms with Gasteiger partial charge in [-0.05, 0) is 19.8 Å². The summed E-state index contributed by atoms with van der Waals surface area (Å²) in [6, 6.07) is 0. The van der Waals surface area contributed by atoms with E-state index in [0.717, 1.165) is 0 Å². The van der Waals surface area contributed by atoms with E-state index in [9.17, 15) is 61.3 Å². The van der Waals surface area contributed by atoms with Gasteiger partial charge in [0.15, 0.2) is 18.9 Å². The van der Waals surface area contributed by atoms with Gasteiger partial charge in [0.2, 0.25) is 0 Å². The van der Waals surface area contributed by atoms with Gasteiger partial charge in [0.1, 0.15) is 79.4 Å². The summed E-state index contributed by atoms with van der Waals surface area (Å²) in [6.45, 7) is -0.0428. The van der Waals surface area contributed by atoms with Crippen LogP contribution in [0.2, 0.25) is 0 Å². The van der Waals surface area contributed by atoms with Crippen molar-refractivity contribution in [1.29, 1.82) is 0 Å². The number of hydrogen-bond donors (Lipinski definition) is 12. The van der Waals surface area contributed by atoms with Crippen molar-refractivity contribution in [3.63, 3.8) is 0 Å². The van der Waals surface area contributed by atoms with Crippen molar-refractivity contribution < 1.29 is 89.7 Å². The van der Waals surface area contributed by atoms with Crippen LogP contribution in [0, 0.1) is 0 Å². The van der Waals surface area contributed by atoms with E-state index in [2.05, 4.69) is 0 Å². The number of hydrogen-bond acceptors (Lipinski definition) is 18. The fraction of sp³-hybridized carbons (Fsp3) is 1.00. The fourth-order valence-electron chi connectivity index (χ4n) is 5.66. The Morgan fingerprint density at radius 1 is 0.500 bits per heavy atom. The Morgan fingerprint density at radius 3 is 1.60 bits per heavy atom. The molecule has 0 amide bonds. The van der Waals surface area contributed by atoms with Crippen LogP contribution in [0.15, 0.2) is 0 Å². The predicted octanol–water partition coefficient (Wildman–Crippen LogP) is -7.28. The van der Waals surface area contributed by atoms with Gasteiger partial charge in [-0.3, -0.25) is 0 Å². The summed E-state index contributed by atoms with van der Waals surface area (Å²) in [5, 5.41) is 122. The van der Waals surface area contributed by atoms with Crippen LogP contribution in [-0.2, 0) is 28.4 Å². The standard InChI is InChI=1S/C24H42O18/c1-6-20(15(31)17(33)22(36)37-6)38-7-2-3-8(12(28)11(7)27)39-23-19(35)16(32)21(10(5-26)41-23)42-24-18(34)14(30)13(29)9(4-25)40-24/h6-36H,2-5H2,1H3/t6-,7+,8-,9-,10-,11+,12-,13+,14+,15+,16-,17-,18+,19+,20+,21+,22+,23-,24+/m0/s1. The van der Waals surface area contributed by atoms with E-state index in [1.807, 2.05) is 0 Å². The quantitative estimate of drug-likeness (QED) is 0.120. The van der Waals surface area contributed by atoms with E-state index in [4.69, 9.17) is 28.4 Å². The zero-order valence-corrected chi connectivity index (χ0v) is 22.6. The lowest BCUT2D eigenvalue weighted by atomic mass is 9.88. The zero-order chi connectivity index (χ0) is 31.0. The summed E-state index contributed by atoms with van der Waals surface area (Å²) in [7, 11) is 0. The zero-order valence-electron chi connectivity index (χ0n) is 22.6. The molecule has 42 heavy (non-hydrogen) atoms. The second-order valence-electron chi connectivity index (χ2n) is 11.1. The second-order valence-corrected chi connectivity index (χ2v) is 11.1. The maximum Gasteiger partial charge on any atom is 0.187 e. The Hall–Kier alpha value is -0.720. The van der Waals surface area contributed by atoms with Crippen molar-refractivity contribution in [1.82, 2.24) is 0 Å². The molecule has 0 bridgehead atoms. The molecule has 0 radical (unpaired) electrons. The van der Waals surface area contributed by atoms with Gasteiger partial charge in [-0.15, -0.1) is 0 Å². The van der Waals surface area contributed by atoms with E-state index in [0.29, 0.717) is 0 Å². The highest BCUT2D eigenvalue weighted by molar-refractivity contribution is 4.97. The van der Waals surface area contributed by atoms with Crippen LogP contribution >= 0.6 is 0 Å². The minimum absolute atomic E-state index is 0.0311. The Labute approximate surface area is 239 Å². The molecular weight excluding hydrogens is 576 g/mol. The molecule has 0 unspecified atom stereocenters. The van der Waals surface area contributed by atoms with Crippen LogP contribution in [-0.4, -0.2) is 191 Å². The Balaban J connectivity index is 1.36. The van der Waals surface area contributed by atoms with Crippen molar-refractivity contribution >= 4 is 0 Å². The SMILES string of the molecule is C[C@@H]1O[C@@H](O)[C@@H](O)[C@@H](O)[C@@H]1O[C@@H]1CC[C@H](O[C@H]2O[C@@H](CO)[C@@H](O[C@H]3O[C@@H](CO)[C@@H](O)[C@@H](O)[C@H]3O)[C@@H](O)[C@H]2O)[C@H](O)[C@@H]1O. The maximum atomic E-state index is 10.8. The van der Waals surface area contributed by atoms with Gasteiger partial charge in [0.25, 0.3) is 0 Å². The largest absolute Gasteiger partial charge is 0.394 e. The molecule has 3 aliphatic heterocycles. The van der Waals surface area contributed by atoms with Crippen molar-refractivity contribution in [3.05, 3.63) is 0 Å². The Bertz CT molecular complexity index is 850. The molecule has 4 fully saturated rings. The van der Waals surface area contributed by atoms with Crippen molar-refractivity contribution in [3.8, 4) is 0 Å². The molecular formula is C24H42O18. The highest BCUT2D eigenvalue weighted by Gasteiger charge is 2.52. The average molecular weight is 619 g/mol. The van der Waals surface area contributed by atoms with Gasteiger partial charge in [-0.1, -0.05) is 0 Å². The molecule has 4 aliphatic rings. The molecule has 4 rings (SSSR count). The lowest BCUT2D eigenvalue weighted by Crippen LogP contribution is -2.65. The van der Waals surface area contributed by atoms with Crippen molar-refractivity contribution in [2.45, 2.75) is 136 Å². The molecule has 0 aromatic rings.